The number of fused-ring (bicyclic) bond motifs is 5. The van der Waals surface area contributed by atoms with Crippen LogP contribution in [0.5, 0.6) is 0 Å². The highest BCUT2D eigenvalue weighted by molar-refractivity contribution is 5.97. The minimum atomic E-state index is -5.75. The number of halogens is 9. The highest BCUT2D eigenvalue weighted by atomic mass is 19.4. The first kappa shape index (κ1) is 34.7. The summed E-state index contributed by atoms with van der Waals surface area (Å²) >= 11 is 0. The Morgan fingerprint density at radius 3 is 2.00 bits per heavy atom. The maximum absolute atomic E-state index is 13.6. The summed E-state index contributed by atoms with van der Waals surface area (Å²) in [6, 6.07) is 0. The fourth-order valence-electron chi connectivity index (χ4n) is 8.66. The van der Waals surface area contributed by atoms with Crippen molar-refractivity contribution in [2.24, 2.45) is 34.5 Å². The fraction of sp³-hybridized carbons (Fsp3) is 0.750. The highest BCUT2D eigenvalue weighted by Gasteiger charge is 2.74. The number of hydrogen-bond acceptors (Lipinski definition) is 8. The summed E-state index contributed by atoms with van der Waals surface area (Å²) in [5.74, 6) is -13.3. The molecule has 4 aliphatic rings. The predicted octanol–water partition coefficient (Wildman–Crippen LogP) is 5.37. The second-order valence-electron chi connectivity index (χ2n) is 12.8. The average Bonchev–Trinajstić information content (AvgIpc) is 3.12. The molecule has 4 aliphatic carbocycles. The van der Waals surface area contributed by atoms with Gasteiger partial charge in [0.15, 0.2) is 6.61 Å². The normalized spacial score (nSPS) is 36.7. The number of rotatable bonds is 5. The van der Waals surface area contributed by atoms with E-state index in [9.17, 15) is 63.5 Å². The van der Waals surface area contributed by atoms with Crippen molar-refractivity contribution in [2.45, 2.75) is 89.0 Å². The van der Waals surface area contributed by atoms with Crippen molar-refractivity contribution in [1.29, 1.82) is 0 Å². The van der Waals surface area contributed by atoms with Crippen molar-refractivity contribution in [2.75, 3.05) is 6.61 Å². The third kappa shape index (κ3) is 5.72. The molecule has 4 rings (SSSR count). The van der Waals surface area contributed by atoms with Gasteiger partial charge in [-0.15, -0.1) is 0 Å². The van der Waals surface area contributed by atoms with E-state index in [2.05, 4.69) is 11.3 Å². The van der Waals surface area contributed by atoms with Gasteiger partial charge in [0.25, 0.3) is 0 Å². The van der Waals surface area contributed by atoms with E-state index in [-0.39, 0.29) is 43.8 Å². The van der Waals surface area contributed by atoms with E-state index in [1.807, 2.05) is 0 Å². The molecule has 17 heteroatoms. The van der Waals surface area contributed by atoms with Crippen LogP contribution in [-0.4, -0.2) is 66.3 Å². The molecular formula is C28H29F9O8. The van der Waals surface area contributed by atoms with Crippen LogP contribution in [0, 0.1) is 34.5 Å². The number of alkyl halides is 9. The Morgan fingerprint density at radius 2 is 1.44 bits per heavy atom. The van der Waals surface area contributed by atoms with Gasteiger partial charge < -0.3 is 14.2 Å². The zero-order valence-corrected chi connectivity index (χ0v) is 23.9. The number of ketones is 2. The van der Waals surface area contributed by atoms with Gasteiger partial charge in [-0.25, -0.2) is 14.4 Å². The molecular weight excluding hydrogens is 635 g/mol. The summed E-state index contributed by atoms with van der Waals surface area (Å²) in [6.07, 6.45) is -18.9. The molecule has 0 spiro atoms. The molecule has 0 amide bonds. The molecule has 0 aromatic rings. The summed E-state index contributed by atoms with van der Waals surface area (Å²) < 4.78 is 133. The third-order valence-corrected chi connectivity index (χ3v) is 10.5. The zero-order chi connectivity index (χ0) is 34.1. The molecule has 0 aromatic carbocycles. The lowest BCUT2D eigenvalue weighted by atomic mass is 9.43. The molecule has 4 fully saturated rings. The van der Waals surface area contributed by atoms with Crippen molar-refractivity contribution in [3.8, 4) is 0 Å². The molecule has 45 heavy (non-hydrogen) atoms. The lowest BCUT2D eigenvalue weighted by molar-refractivity contribution is -0.244. The van der Waals surface area contributed by atoms with Crippen LogP contribution in [0.15, 0.2) is 12.2 Å². The molecule has 0 aromatic heterocycles. The number of hydrogen-bond donors (Lipinski definition) is 0. The first-order valence-electron chi connectivity index (χ1n) is 13.9. The molecule has 0 radical (unpaired) electrons. The van der Waals surface area contributed by atoms with E-state index >= 15 is 0 Å². The van der Waals surface area contributed by atoms with Gasteiger partial charge in [-0.1, -0.05) is 20.4 Å². The van der Waals surface area contributed by atoms with Crippen LogP contribution in [0.4, 0.5) is 39.5 Å². The molecule has 0 unspecified atom stereocenters. The Bertz CT molecular complexity index is 1300. The van der Waals surface area contributed by atoms with Crippen LogP contribution in [0.3, 0.4) is 0 Å². The minimum Gasteiger partial charge on any atom is -0.455 e. The molecule has 0 heterocycles. The smallest absolute Gasteiger partial charge is 0.455 e. The van der Waals surface area contributed by atoms with Crippen LogP contribution < -0.4 is 0 Å². The molecule has 0 saturated heterocycles. The van der Waals surface area contributed by atoms with E-state index in [0.29, 0.717) is 6.42 Å². The van der Waals surface area contributed by atoms with E-state index < -0.39 is 101 Å². The maximum atomic E-state index is 13.6. The first-order valence-corrected chi connectivity index (χ1v) is 13.9. The van der Waals surface area contributed by atoms with Gasteiger partial charge in [-0.3, -0.25) is 9.59 Å². The lowest BCUT2D eigenvalue weighted by Gasteiger charge is -2.62. The molecule has 252 valence electrons. The van der Waals surface area contributed by atoms with Gasteiger partial charge in [0.05, 0.1) is 0 Å². The molecule has 8 nitrogen and oxygen atoms in total. The Balaban J connectivity index is 1.86. The van der Waals surface area contributed by atoms with Crippen LogP contribution in [-0.2, 0) is 38.2 Å². The second kappa shape index (κ2) is 11.0. The quantitative estimate of drug-likeness (QED) is 0.167. The van der Waals surface area contributed by atoms with Crippen molar-refractivity contribution >= 4 is 29.5 Å². The van der Waals surface area contributed by atoms with Gasteiger partial charge in [-0.05, 0) is 60.8 Å². The van der Waals surface area contributed by atoms with Crippen LogP contribution >= 0.6 is 0 Å². The van der Waals surface area contributed by atoms with Crippen LogP contribution in [0.2, 0.25) is 0 Å². The summed E-state index contributed by atoms with van der Waals surface area (Å²) in [6.45, 7) is 4.62. The van der Waals surface area contributed by atoms with E-state index in [4.69, 9.17) is 9.47 Å². The lowest BCUT2D eigenvalue weighted by Crippen LogP contribution is -2.65. The Hall–Kier alpha value is -3.14. The number of esters is 3. The van der Waals surface area contributed by atoms with Gasteiger partial charge >= 0.3 is 36.4 Å². The number of ether oxygens (including phenoxy) is 3. The monoisotopic (exact) mass is 664 g/mol. The topological polar surface area (TPSA) is 113 Å². The van der Waals surface area contributed by atoms with Crippen molar-refractivity contribution in [3.05, 3.63) is 12.2 Å². The molecule has 4 saturated carbocycles. The molecule has 0 bridgehead atoms. The van der Waals surface area contributed by atoms with Crippen molar-refractivity contribution < 1.29 is 77.7 Å². The summed E-state index contributed by atoms with van der Waals surface area (Å²) in [4.78, 5) is 61.7. The number of carbonyl (C=O) groups excluding carboxylic acids is 5. The van der Waals surface area contributed by atoms with Gasteiger partial charge in [0.1, 0.15) is 11.9 Å². The Morgan fingerprint density at radius 1 is 0.867 bits per heavy atom. The molecule has 0 N–H and O–H groups in total. The van der Waals surface area contributed by atoms with Crippen LogP contribution in [0.25, 0.3) is 0 Å². The summed E-state index contributed by atoms with van der Waals surface area (Å²) in [5.41, 5.74) is -6.66. The van der Waals surface area contributed by atoms with Crippen molar-refractivity contribution in [3.63, 3.8) is 0 Å². The second-order valence-corrected chi connectivity index (χ2v) is 12.8. The highest BCUT2D eigenvalue weighted by Crippen LogP contribution is 2.70. The van der Waals surface area contributed by atoms with E-state index in [0.717, 1.165) is 6.92 Å². The Labute approximate surface area is 250 Å². The van der Waals surface area contributed by atoms with E-state index in [1.165, 1.54) is 0 Å². The largest absolute Gasteiger partial charge is 0.490 e. The third-order valence-electron chi connectivity index (χ3n) is 10.5. The summed E-state index contributed by atoms with van der Waals surface area (Å²) in [7, 11) is 0. The van der Waals surface area contributed by atoms with Gasteiger partial charge in [0.2, 0.25) is 11.4 Å². The maximum Gasteiger partial charge on any atom is 0.490 e. The number of Topliss-reactive ketones (excluding diaryl/α,β-unsaturated/α-hetero) is 2. The number of carbonyl (C=O) groups is 5. The predicted molar refractivity (Wildman–Crippen MR) is 129 cm³/mol. The average molecular weight is 665 g/mol. The Kier molecular flexibility index (Phi) is 8.48. The standard InChI is InChI=1S/C28H29F9O8/c1-12-8-16-15-5-4-13-9-14(38)6-7-23(13,2)19(15)17(44-21(41)27(32,33)34)10-24(16,3)25(12,45-22(42)28(35,36)37)18(39)11-43-20(40)26(29,30)31/h13,15-17,19H,1,4-11H2,2-3H3/t13-,15-,16-,17+,19+,23-,24-,25-/m0/s1. The van der Waals surface area contributed by atoms with E-state index in [1.54, 1.807) is 6.92 Å². The SMILES string of the molecule is C=C1C[C@H]2[C@@H]3CC[C@H]4CC(=O)CC[C@]4(C)[C@H]3[C@H](OC(=O)C(F)(F)F)C[C@]2(C)[C@@]1(OC(=O)C(F)(F)F)C(=O)COC(=O)C(F)(F)F. The molecule has 0 aliphatic heterocycles. The van der Waals surface area contributed by atoms with Crippen molar-refractivity contribution in [1.82, 2.24) is 0 Å². The summed E-state index contributed by atoms with van der Waals surface area (Å²) in [5, 5.41) is 0. The zero-order valence-electron chi connectivity index (χ0n) is 23.9. The van der Waals surface area contributed by atoms with Gasteiger partial charge in [0, 0.05) is 24.2 Å². The van der Waals surface area contributed by atoms with Gasteiger partial charge in [-0.2, -0.15) is 39.5 Å². The fourth-order valence-corrected chi connectivity index (χ4v) is 8.66. The first-order chi connectivity index (χ1) is 20.4. The van der Waals surface area contributed by atoms with Crippen LogP contribution in [0.1, 0.15) is 58.8 Å². The minimum absolute atomic E-state index is 0.0704. The molecule has 8 atom stereocenters.